The Kier molecular flexibility index (Phi) is 5.57. The number of carboxylic acid groups (broad SMARTS) is 1. The van der Waals surface area contributed by atoms with Gasteiger partial charge in [-0.15, -0.1) is 0 Å². The molecule has 0 unspecified atom stereocenters. The van der Waals surface area contributed by atoms with E-state index < -0.39 is 5.97 Å². The maximum Gasteiger partial charge on any atom is 0.266 e. The number of aryl methyl sites for hydroxylation is 1. The van der Waals surface area contributed by atoms with Gasteiger partial charge in [0.2, 0.25) is 0 Å². The van der Waals surface area contributed by atoms with Gasteiger partial charge in [0.05, 0.1) is 12.0 Å². The first-order valence-corrected chi connectivity index (χ1v) is 9.64. The van der Waals surface area contributed by atoms with Crippen molar-refractivity contribution in [1.29, 1.82) is 0 Å². The van der Waals surface area contributed by atoms with E-state index in [4.69, 9.17) is 17.0 Å². The van der Waals surface area contributed by atoms with Crippen LogP contribution in [-0.2, 0) is 16.6 Å². The molecule has 1 aliphatic rings. The van der Waals surface area contributed by atoms with E-state index in [0.29, 0.717) is 15.6 Å². The van der Waals surface area contributed by atoms with Crippen molar-refractivity contribution in [1.82, 2.24) is 9.47 Å². The van der Waals surface area contributed by atoms with E-state index in [1.165, 1.54) is 16.7 Å². The molecule has 1 aromatic heterocycles. The van der Waals surface area contributed by atoms with Gasteiger partial charge in [0.15, 0.2) is 0 Å². The molecule has 1 amide bonds. The van der Waals surface area contributed by atoms with Gasteiger partial charge < -0.3 is 19.2 Å². The molecule has 1 fully saturated rings. The number of benzene rings is 1. The quantitative estimate of drug-likeness (QED) is 0.544. The Morgan fingerprint density at radius 1 is 1.41 bits per heavy atom. The molecule has 8 heteroatoms. The number of aromatic nitrogens is 1. The minimum absolute atomic E-state index is 0.0989. The van der Waals surface area contributed by atoms with Crippen LogP contribution in [0.5, 0.6) is 5.75 Å². The molecule has 1 aromatic carbocycles. The highest BCUT2D eigenvalue weighted by atomic mass is 32.2. The molecular formula is C19H19N2O4S2-. The van der Waals surface area contributed by atoms with Crippen LogP contribution in [0.15, 0.2) is 23.1 Å². The second kappa shape index (κ2) is 7.74. The third-order valence-corrected chi connectivity index (χ3v) is 6.04. The Balaban J connectivity index is 1.95. The van der Waals surface area contributed by atoms with E-state index in [-0.39, 0.29) is 18.9 Å². The molecule has 0 spiro atoms. The Bertz CT molecular complexity index is 978. The third-order valence-electron chi connectivity index (χ3n) is 4.66. The lowest BCUT2D eigenvalue weighted by Crippen LogP contribution is -2.30. The average Bonchev–Trinajstić information content (AvgIpc) is 3.03. The van der Waals surface area contributed by atoms with Crippen molar-refractivity contribution in [2.75, 3.05) is 13.7 Å². The molecule has 142 valence electrons. The molecule has 0 saturated carbocycles. The average molecular weight is 404 g/mol. The topological polar surface area (TPSA) is 74.6 Å². The monoisotopic (exact) mass is 403 g/mol. The molecule has 2 aromatic rings. The van der Waals surface area contributed by atoms with Gasteiger partial charge >= 0.3 is 0 Å². The van der Waals surface area contributed by atoms with Gasteiger partial charge in [-0.2, -0.15) is 0 Å². The van der Waals surface area contributed by atoms with Crippen LogP contribution >= 0.6 is 24.0 Å². The predicted molar refractivity (Wildman–Crippen MR) is 108 cm³/mol. The normalized spacial score (nSPS) is 16.0. The number of fused-ring (bicyclic) bond motifs is 1. The van der Waals surface area contributed by atoms with Gasteiger partial charge in [-0.3, -0.25) is 9.69 Å². The van der Waals surface area contributed by atoms with E-state index in [9.17, 15) is 14.7 Å². The highest BCUT2D eigenvalue weighted by molar-refractivity contribution is 8.26. The Morgan fingerprint density at radius 2 is 2.15 bits per heavy atom. The minimum Gasteiger partial charge on any atom is -0.550 e. The first-order chi connectivity index (χ1) is 12.8. The molecule has 1 saturated heterocycles. The van der Waals surface area contributed by atoms with Crippen molar-refractivity contribution in [3.05, 3.63) is 34.4 Å². The van der Waals surface area contributed by atoms with E-state index in [2.05, 4.69) is 4.57 Å². The fourth-order valence-corrected chi connectivity index (χ4v) is 4.38. The Morgan fingerprint density at radius 3 is 2.81 bits per heavy atom. The number of carboxylic acids is 1. The summed E-state index contributed by atoms with van der Waals surface area (Å²) in [5.74, 6) is -0.573. The predicted octanol–water partition coefficient (Wildman–Crippen LogP) is 2.23. The smallest absolute Gasteiger partial charge is 0.266 e. The zero-order chi connectivity index (χ0) is 19.7. The third kappa shape index (κ3) is 3.72. The van der Waals surface area contributed by atoms with Crippen LogP contribution in [0.3, 0.4) is 0 Å². The molecule has 3 rings (SSSR count). The standard InChI is InChI=1S/C19H20N2O4S2/c1-11-13(14-9-12(25-3)6-7-15(14)20(11)2)10-16-18(24)21(19(26)27-16)8-4-5-17(22)23/h6-7,9-10H,4-5,8H2,1-3H3,(H,22,23)/p-1/b16-10-. The lowest BCUT2D eigenvalue weighted by Gasteiger charge is -2.14. The van der Waals surface area contributed by atoms with Gasteiger partial charge in [0.25, 0.3) is 5.91 Å². The van der Waals surface area contributed by atoms with Gasteiger partial charge in [0.1, 0.15) is 10.1 Å². The number of amides is 1. The molecule has 27 heavy (non-hydrogen) atoms. The fraction of sp³-hybridized carbons (Fsp3) is 0.316. The Hall–Kier alpha value is -2.32. The fourth-order valence-electron chi connectivity index (χ4n) is 3.09. The molecular weight excluding hydrogens is 384 g/mol. The van der Waals surface area contributed by atoms with Crippen molar-refractivity contribution in [3.63, 3.8) is 0 Å². The number of hydrogen-bond donors (Lipinski definition) is 0. The van der Waals surface area contributed by atoms with Gasteiger partial charge in [0, 0.05) is 41.7 Å². The zero-order valence-electron chi connectivity index (χ0n) is 15.3. The SMILES string of the molecule is COc1ccc2c(c1)c(/C=C1\SC(=S)N(CCCC(=O)[O-])C1=O)c(C)n2C. The first kappa shape index (κ1) is 19.4. The van der Waals surface area contributed by atoms with Gasteiger partial charge in [-0.1, -0.05) is 24.0 Å². The molecule has 0 N–H and O–H groups in total. The summed E-state index contributed by atoms with van der Waals surface area (Å²) in [5, 5.41) is 11.6. The van der Waals surface area contributed by atoms with E-state index in [0.717, 1.165) is 27.9 Å². The van der Waals surface area contributed by atoms with E-state index >= 15 is 0 Å². The van der Waals surface area contributed by atoms with Crippen molar-refractivity contribution in [2.24, 2.45) is 7.05 Å². The van der Waals surface area contributed by atoms with Crippen LogP contribution in [0.1, 0.15) is 24.1 Å². The number of thioether (sulfide) groups is 1. The van der Waals surface area contributed by atoms with Crippen molar-refractivity contribution in [2.45, 2.75) is 19.8 Å². The summed E-state index contributed by atoms with van der Waals surface area (Å²) in [6.07, 6.45) is 2.07. The van der Waals surface area contributed by atoms with Crippen LogP contribution in [0.25, 0.3) is 17.0 Å². The summed E-state index contributed by atoms with van der Waals surface area (Å²) in [4.78, 5) is 25.3. The summed E-state index contributed by atoms with van der Waals surface area (Å²) in [6, 6.07) is 5.85. The number of aliphatic carboxylic acids is 1. The summed E-state index contributed by atoms with van der Waals surface area (Å²) >= 11 is 6.54. The maximum absolute atomic E-state index is 12.7. The van der Waals surface area contributed by atoms with Crippen molar-refractivity contribution < 1.29 is 19.4 Å². The Labute approximate surface area is 166 Å². The molecule has 1 aliphatic heterocycles. The number of carbonyl (C=O) groups excluding carboxylic acids is 2. The second-order valence-corrected chi connectivity index (χ2v) is 7.93. The van der Waals surface area contributed by atoms with Crippen LogP contribution in [0.4, 0.5) is 0 Å². The molecule has 0 radical (unpaired) electrons. The molecule has 0 aliphatic carbocycles. The number of methoxy groups -OCH3 is 1. The second-order valence-electron chi connectivity index (χ2n) is 6.25. The number of thiocarbonyl (C=S) groups is 1. The van der Waals surface area contributed by atoms with E-state index in [1.54, 1.807) is 7.11 Å². The van der Waals surface area contributed by atoms with Gasteiger partial charge in [-0.25, -0.2) is 0 Å². The van der Waals surface area contributed by atoms with Crippen molar-refractivity contribution >= 4 is 57.2 Å². The number of rotatable bonds is 6. The van der Waals surface area contributed by atoms with Crippen LogP contribution in [0.2, 0.25) is 0 Å². The van der Waals surface area contributed by atoms with Crippen molar-refractivity contribution in [3.8, 4) is 5.75 Å². The van der Waals surface area contributed by atoms with Crippen LogP contribution in [-0.4, -0.2) is 39.3 Å². The largest absolute Gasteiger partial charge is 0.550 e. The summed E-state index contributed by atoms with van der Waals surface area (Å²) in [5.41, 5.74) is 3.02. The van der Waals surface area contributed by atoms with Crippen LogP contribution < -0.4 is 9.84 Å². The molecule has 6 nitrogen and oxygen atoms in total. The number of nitrogens with zero attached hydrogens (tertiary/aromatic N) is 2. The first-order valence-electron chi connectivity index (χ1n) is 8.41. The number of carbonyl (C=O) groups is 2. The van der Waals surface area contributed by atoms with E-state index in [1.807, 2.05) is 38.2 Å². The number of hydrogen-bond acceptors (Lipinski definition) is 6. The highest BCUT2D eigenvalue weighted by Gasteiger charge is 2.32. The summed E-state index contributed by atoms with van der Waals surface area (Å²) < 4.78 is 7.85. The number of ether oxygens (including phenoxy) is 1. The lowest BCUT2D eigenvalue weighted by molar-refractivity contribution is -0.305. The maximum atomic E-state index is 12.7. The summed E-state index contributed by atoms with van der Waals surface area (Å²) in [6.45, 7) is 2.28. The summed E-state index contributed by atoms with van der Waals surface area (Å²) in [7, 11) is 3.60. The minimum atomic E-state index is -1.13. The molecule has 0 bridgehead atoms. The highest BCUT2D eigenvalue weighted by Crippen LogP contribution is 2.36. The lowest BCUT2D eigenvalue weighted by atomic mass is 10.1. The van der Waals surface area contributed by atoms with Gasteiger partial charge in [-0.05, 0) is 44.0 Å². The van der Waals surface area contributed by atoms with Crippen LogP contribution in [0, 0.1) is 6.92 Å². The zero-order valence-corrected chi connectivity index (χ0v) is 16.9. The molecule has 0 atom stereocenters. The molecule has 2 heterocycles.